The second-order valence-electron chi connectivity index (χ2n) is 6.89. The van der Waals surface area contributed by atoms with Crippen LogP contribution < -0.4 is 5.73 Å². The van der Waals surface area contributed by atoms with E-state index >= 15 is 0 Å². The fourth-order valence-electron chi connectivity index (χ4n) is 2.99. The number of esters is 1. The van der Waals surface area contributed by atoms with Gasteiger partial charge in [-0.25, -0.2) is 0 Å². The molecule has 0 spiro atoms. The van der Waals surface area contributed by atoms with E-state index in [1.54, 1.807) is 0 Å². The van der Waals surface area contributed by atoms with E-state index in [1.807, 2.05) is 0 Å². The number of rotatable bonds is 17. The van der Waals surface area contributed by atoms with Crippen molar-refractivity contribution >= 4 is 5.97 Å². The van der Waals surface area contributed by atoms with Crippen LogP contribution in [0.15, 0.2) is 0 Å². The van der Waals surface area contributed by atoms with Crippen LogP contribution in [0.3, 0.4) is 0 Å². The Morgan fingerprint density at radius 1 is 0.739 bits per heavy atom. The van der Waals surface area contributed by atoms with E-state index in [0.717, 1.165) is 12.8 Å². The molecule has 138 valence electrons. The summed E-state index contributed by atoms with van der Waals surface area (Å²) in [4.78, 5) is 10.7. The van der Waals surface area contributed by atoms with Crippen molar-refractivity contribution in [3.8, 4) is 0 Å². The van der Waals surface area contributed by atoms with E-state index < -0.39 is 6.23 Å². The molecule has 0 aliphatic rings. The van der Waals surface area contributed by atoms with E-state index in [9.17, 15) is 4.79 Å². The zero-order chi connectivity index (χ0) is 17.2. The maximum atomic E-state index is 10.7. The molecule has 0 aromatic rings. The summed E-state index contributed by atoms with van der Waals surface area (Å²) in [5.41, 5.74) is 5.69. The van der Waals surface area contributed by atoms with Crippen LogP contribution in [0.25, 0.3) is 0 Å². The van der Waals surface area contributed by atoms with Crippen molar-refractivity contribution in [2.24, 2.45) is 5.73 Å². The highest BCUT2D eigenvalue weighted by molar-refractivity contribution is 5.66. The third-order valence-corrected chi connectivity index (χ3v) is 4.41. The molecule has 0 heterocycles. The lowest BCUT2D eigenvalue weighted by Crippen LogP contribution is -2.25. The summed E-state index contributed by atoms with van der Waals surface area (Å²) in [7, 11) is 0. The number of hydrogen-bond donors (Lipinski definition) is 1. The molecule has 0 bridgehead atoms. The van der Waals surface area contributed by atoms with Gasteiger partial charge in [0.05, 0.1) is 0 Å². The van der Waals surface area contributed by atoms with Crippen LogP contribution in [0, 0.1) is 0 Å². The number of ether oxygens (including phenoxy) is 1. The first kappa shape index (κ1) is 22.4. The molecule has 2 N–H and O–H groups in total. The molecule has 1 atom stereocenters. The van der Waals surface area contributed by atoms with Crippen LogP contribution in [-0.4, -0.2) is 12.2 Å². The molecule has 0 aliphatic heterocycles. The van der Waals surface area contributed by atoms with Crippen molar-refractivity contribution in [3.63, 3.8) is 0 Å². The number of hydrogen-bond acceptors (Lipinski definition) is 3. The molecule has 0 saturated carbocycles. The van der Waals surface area contributed by atoms with Crippen LogP contribution in [-0.2, 0) is 9.53 Å². The molecule has 3 heteroatoms. The van der Waals surface area contributed by atoms with Gasteiger partial charge in [-0.2, -0.15) is 0 Å². The predicted octanol–water partition coefficient (Wildman–Crippen LogP) is 6.10. The predicted molar refractivity (Wildman–Crippen MR) is 99.3 cm³/mol. The van der Waals surface area contributed by atoms with Gasteiger partial charge >= 0.3 is 5.97 Å². The molecular weight excluding hydrogens is 286 g/mol. The number of nitrogens with two attached hydrogens (primary N) is 1. The molecule has 3 nitrogen and oxygen atoms in total. The quantitative estimate of drug-likeness (QED) is 0.200. The van der Waals surface area contributed by atoms with Crippen LogP contribution in [0.5, 0.6) is 0 Å². The van der Waals surface area contributed by atoms with Crippen molar-refractivity contribution in [2.45, 2.75) is 123 Å². The topological polar surface area (TPSA) is 52.3 Å². The van der Waals surface area contributed by atoms with E-state index in [0.29, 0.717) is 0 Å². The Morgan fingerprint density at radius 2 is 1.09 bits per heavy atom. The van der Waals surface area contributed by atoms with Gasteiger partial charge in [-0.3, -0.25) is 10.5 Å². The van der Waals surface area contributed by atoms with E-state index in [4.69, 9.17) is 10.5 Å². The molecule has 0 aromatic carbocycles. The first-order valence-electron chi connectivity index (χ1n) is 10.1. The van der Waals surface area contributed by atoms with Crippen LogP contribution in [0.2, 0.25) is 0 Å². The highest BCUT2D eigenvalue weighted by atomic mass is 16.5. The standard InChI is InChI=1S/C20H41NO2/c1-3-4-5-6-7-8-9-10-11-12-13-14-15-16-17-18-20(21)23-19(2)22/h20H,3-18,21H2,1-2H3. The fraction of sp³-hybridized carbons (Fsp3) is 0.950. The number of unbranched alkanes of at least 4 members (excludes halogenated alkanes) is 14. The van der Waals surface area contributed by atoms with Crippen molar-refractivity contribution in [2.75, 3.05) is 0 Å². The minimum Gasteiger partial charge on any atom is -0.447 e. The lowest BCUT2D eigenvalue weighted by molar-refractivity contribution is -0.146. The second-order valence-corrected chi connectivity index (χ2v) is 6.89. The second kappa shape index (κ2) is 17.8. The monoisotopic (exact) mass is 327 g/mol. The van der Waals surface area contributed by atoms with Gasteiger partial charge < -0.3 is 4.74 Å². The summed E-state index contributed by atoms with van der Waals surface area (Å²) in [6, 6.07) is 0. The van der Waals surface area contributed by atoms with Gasteiger partial charge in [0.1, 0.15) is 0 Å². The Hall–Kier alpha value is -0.570. The SMILES string of the molecule is CCCCCCCCCCCCCCCCCC(N)OC(C)=O. The molecule has 0 amide bonds. The Labute approximate surface area is 144 Å². The summed E-state index contributed by atoms with van der Waals surface area (Å²) >= 11 is 0. The molecule has 23 heavy (non-hydrogen) atoms. The molecule has 0 rings (SSSR count). The molecule has 0 aliphatic carbocycles. The Kier molecular flexibility index (Phi) is 17.3. The van der Waals surface area contributed by atoms with E-state index in [-0.39, 0.29) is 5.97 Å². The van der Waals surface area contributed by atoms with Crippen molar-refractivity contribution in [1.29, 1.82) is 0 Å². The minimum absolute atomic E-state index is 0.279. The van der Waals surface area contributed by atoms with Gasteiger partial charge in [0.15, 0.2) is 6.23 Å². The number of carbonyl (C=O) groups excluding carboxylic acids is 1. The van der Waals surface area contributed by atoms with Gasteiger partial charge in [-0.1, -0.05) is 96.8 Å². The summed E-state index contributed by atoms with van der Waals surface area (Å²) in [6.45, 7) is 3.68. The molecule has 0 fully saturated rings. The van der Waals surface area contributed by atoms with Gasteiger partial charge in [0, 0.05) is 6.92 Å². The van der Waals surface area contributed by atoms with Gasteiger partial charge in [0.2, 0.25) is 0 Å². The van der Waals surface area contributed by atoms with Crippen molar-refractivity contribution in [1.82, 2.24) is 0 Å². The zero-order valence-electron chi connectivity index (χ0n) is 15.8. The van der Waals surface area contributed by atoms with Crippen molar-refractivity contribution < 1.29 is 9.53 Å². The van der Waals surface area contributed by atoms with Gasteiger partial charge in [0.25, 0.3) is 0 Å². The maximum Gasteiger partial charge on any atom is 0.304 e. The molecule has 0 aromatic heterocycles. The number of carbonyl (C=O) groups is 1. The first-order valence-corrected chi connectivity index (χ1v) is 10.1. The molecule has 0 saturated heterocycles. The largest absolute Gasteiger partial charge is 0.447 e. The first-order chi connectivity index (χ1) is 11.2. The summed E-state index contributed by atoms with van der Waals surface area (Å²) in [6.07, 6.45) is 20.8. The average Bonchev–Trinajstić information content (AvgIpc) is 2.50. The third kappa shape index (κ3) is 19.4. The highest BCUT2D eigenvalue weighted by Gasteiger charge is 2.04. The van der Waals surface area contributed by atoms with Gasteiger partial charge in [-0.15, -0.1) is 0 Å². The molecule has 1 unspecified atom stereocenters. The average molecular weight is 328 g/mol. The minimum atomic E-state index is -0.408. The Bertz CT molecular complexity index is 256. The smallest absolute Gasteiger partial charge is 0.304 e. The maximum absolute atomic E-state index is 10.7. The highest BCUT2D eigenvalue weighted by Crippen LogP contribution is 2.14. The molecular formula is C20H41NO2. The fourth-order valence-corrected chi connectivity index (χ4v) is 2.99. The van der Waals surface area contributed by atoms with E-state index in [1.165, 1.54) is 96.8 Å². The third-order valence-electron chi connectivity index (χ3n) is 4.41. The zero-order valence-corrected chi connectivity index (χ0v) is 15.8. The lowest BCUT2D eigenvalue weighted by atomic mass is 10.0. The summed E-state index contributed by atoms with van der Waals surface area (Å²) in [5, 5.41) is 0. The van der Waals surface area contributed by atoms with E-state index in [2.05, 4.69) is 6.92 Å². The van der Waals surface area contributed by atoms with Gasteiger partial charge in [-0.05, 0) is 12.8 Å². The summed E-state index contributed by atoms with van der Waals surface area (Å²) in [5.74, 6) is -0.279. The lowest BCUT2D eigenvalue weighted by Gasteiger charge is -2.10. The van der Waals surface area contributed by atoms with Crippen molar-refractivity contribution in [3.05, 3.63) is 0 Å². The van der Waals surface area contributed by atoms with Crippen LogP contribution in [0.1, 0.15) is 117 Å². The Balaban J connectivity index is 3.06. The van der Waals surface area contributed by atoms with Crippen LogP contribution >= 0.6 is 0 Å². The van der Waals surface area contributed by atoms with Crippen LogP contribution in [0.4, 0.5) is 0 Å². The normalized spacial score (nSPS) is 12.3. The summed E-state index contributed by atoms with van der Waals surface area (Å²) < 4.78 is 4.91. The Morgan fingerprint density at radius 3 is 1.43 bits per heavy atom. The molecule has 0 radical (unpaired) electrons.